The summed E-state index contributed by atoms with van der Waals surface area (Å²) in [6.45, 7) is 7.12. The molecule has 6 heteroatoms. The third-order valence-corrected chi connectivity index (χ3v) is 6.11. The van der Waals surface area contributed by atoms with Crippen LogP contribution in [0.15, 0.2) is 53.1 Å². The first-order valence-corrected chi connectivity index (χ1v) is 11.5. The van der Waals surface area contributed by atoms with Gasteiger partial charge in [-0.15, -0.1) is 0 Å². The fourth-order valence-corrected chi connectivity index (χ4v) is 4.37. The number of nitrogens with zero attached hydrogens (tertiary/aromatic N) is 3. The van der Waals surface area contributed by atoms with Crippen molar-refractivity contribution in [1.29, 1.82) is 0 Å². The highest BCUT2D eigenvalue weighted by Crippen LogP contribution is 2.22. The molecule has 1 aromatic heterocycles. The predicted octanol–water partition coefficient (Wildman–Crippen LogP) is 4.31. The molecule has 1 amide bonds. The van der Waals surface area contributed by atoms with Gasteiger partial charge in [0.15, 0.2) is 0 Å². The van der Waals surface area contributed by atoms with Crippen LogP contribution in [0.4, 0.5) is 0 Å². The van der Waals surface area contributed by atoms with Gasteiger partial charge >= 0.3 is 0 Å². The molecule has 0 spiro atoms. The van der Waals surface area contributed by atoms with Gasteiger partial charge in [-0.05, 0) is 57.2 Å². The number of benzene rings is 2. The standard InChI is InChI=1S/C26H32N4O2/c1-19-8-5-10-21(16-19)11-6-14-27-26(31)22-12-7-15-30(17-22)18-24-28-25(29-32-24)23-13-4-3-9-20(23)2/h3-5,8-10,13,16,22H,6-7,11-12,14-15,17-18H2,1-2H3,(H,27,31). The third kappa shape index (κ3) is 5.82. The number of hydrogen-bond donors (Lipinski definition) is 1. The molecule has 4 rings (SSSR count). The van der Waals surface area contributed by atoms with Crippen LogP contribution < -0.4 is 5.32 Å². The van der Waals surface area contributed by atoms with E-state index in [-0.39, 0.29) is 11.8 Å². The van der Waals surface area contributed by atoms with Gasteiger partial charge in [0, 0.05) is 18.7 Å². The van der Waals surface area contributed by atoms with Crippen LogP contribution in [0, 0.1) is 19.8 Å². The van der Waals surface area contributed by atoms with Gasteiger partial charge in [0.05, 0.1) is 12.5 Å². The number of piperidine rings is 1. The maximum absolute atomic E-state index is 12.7. The molecular formula is C26H32N4O2. The van der Waals surface area contributed by atoms with Crippen molar-refractivity contribution in [3.05, 3.63) is 71.1 Å². The van der Waals surface area contributed by atoms with Gasteiger partial charge in [-0.25, -0.2) is 0 Å². The van der Waals surface area contributed by atoms with E-state index in [9.17, 15) is 4.79 Å². The van der Waals surface area contributed by atoms with Gasteiger partial charge in [0.1, 0.15) is 0 Å². The van der Waals surface area contributed by atoms with E-state index in [1.807, 2.05) is 31.2 Å². The minimum absolute atomic E-state index is 0.0153. The molecule has 0 saturated carbocycles. The lowest BCUT2D eigenvalue weighted by molar-refractivity contribution is -0.126. The molecule has 1 saturated heterocycles. The molecule has 0 bridgehead atoms. The Kier molecular flexibility index (Phi) is 7.32. The topological polar surface area (TPSA) is 71.3 Å². The molecule has 1 aliphatic rings. The number of likely N-dealkylation sites (tertiary alicyclic amines) is 1. The predicted molar refractivity (Wildman–Crippen MR) is 125 cm³/mol. The van der Waals surface area contributed by atoms with Crippen molar-refractivity contribution in [2.75, 3.05) is 19.6 Å². The summed E-state index contributed by atoms with van der Waals surface area (Å²) in [4.78, 5) is 19.5. The van der Waals surface area contributed by atoms with Crippen molar-refractivity contribution < 1.29 is 9.32 Å². The fraction of sp³-hybridized carbons (Fsp3) is 0.423. The molecule has 2 aromatic carbocycles. The molecule has 1 aliphatic heterocycles. The summed E-state index contributed by atoms with van der Waals surface area (Å²) < 4.78 is 5.50. The minimum atomic E-state index is 0.0153. The third-order valence-electron chi connectivity index (χ3n) is 6.11. The summed E-state index contributed by atoms with van der Waals surface area (Å²) in [6, 6.07) is 16.6. The lowest BCUT2D eigenvalue weighted by atomic mass is 9.97. The molecule has 1 N–H and O–H groups in total. The monoisotopic (exact) mass is 432 g/mol. The first-order chi connectivity index (χ1) is 15.6. The molecule has 1 unspecified atom stereocenters. The number of rotatable bonds is 8. The summed E-state index contributed by atoms with van der Waals surface area (Å²) in [5, 5.41) is 7.29. The van der Waals surface area contributed by atoms with Gasteiger partial charge in [-0.2, -0.15) is 4.98 Å². The van der Waals surface area contributed by atoms with Crippen LogP contribution in [-0.4, -0.2) is 40.6 Å². The maximum Gasteiger partial charge on any atom is 0.241 e. The fourth-order valence-electron chi connectivity index (χ4n) is 4.37. The van der Waals surface area contributed by atoms with Crippen LogP contribution in [-0.2, 0) is 17.8 Å². The first kappa shape index (κ1) is 22.2. The van der Waals surface area contributed by atoms with Crippen molar-refractivity contribution in [2.24, 2.45) is 5.92 Å². The Balaban J connectivity index is 1.24. The van der Waals surface area contributed by atoms with Gasteiger partial charge < -0.3 is 9.84 Å². The van der Waals surface area contributed by atoms with Gasteiger partial charge in [-0.3, -0.25) is 9.69 Å². The zero-order valence-electron chi connectivity index (χ0n) is 19.0. The highest BCUT2D eigenvalue weighted by Gasteiger charge is 2.26. The van der Waals surface area contributed by atoms with E-state index in [0.29, 0.717) is 24.8 Å². The Morgan fingerprint density at radius 2 is 2.06 bits per heavy atom. The Labute approximate surface area is 190 Å². The average molecular weight is 433 g/mol. The van der Waals surface area contributed by atoms with Crippen LogP contribution in [0.2, 0.25) is 0 Å². The lowest BCUT2D eigenvalue weighted by Crippen LogP contribution is -2.43. The lowest BCUT2D eigenvalue weighted by Gasteiger charge is -2.30. The Morgan fingerprint density at radius 3 is 2.91 bits per heavy atom. The molecule has 0 aliphatic carbocycles. The number of aromatic nitrogens is 2. The Hall–Kier alpha value is -2.99. The van der Waals surface area contributed by atoms with Crippen molar-refractivity contribution >= 4 is 5.91 Å². The number of carbonyl (C=O) groups excluding carboxylic acids is 1. The highest BCUT2D eigenvalue weighted by atomic mass is 16.5. The van der Waals surface area contributed by atoms with E-state index in [2.05, 4.69) is 51.5 Å². The van der Waals surface area contributed by atoms with Gasteiger partial charge in [0.25, 0.3) is 0 Å². The van der Waals surface area contributed by atoms with E-state index >= 15 is 0 Å². The van der Waals surface area contributed by atoms with Gasteiger partial charge in [-0.1, -0.05) is 59.3 Å². The summed E-state index contributed by atoms with van der Waals surface area (Å²) >= 11 is 0. The van der Waals surface area contributed by atoms with Crippen LogP contribution >= 0.6 is 0 Å². The SMILES string of the molecule is Cc1cccc(CCCNC(=O)C2CCCN(Cc3nc(-c4ccccc4C)no3)C2)c1. The summed E-state index contributed by atoms with van der Waals surface area (Å²) in [6.07, 6.45) is 3.87. The van der Waals surface area contributed by atoms with E-state index in [0.717, 1.165) is 49.9 Å². The number of aryl methyl sites for hydroxylation is 3. The molecular weight excluding hydrogens is 400 g/mol. The summed E-state index contributed by atoms with van der Waals surface area (Å²) in [7, 11) is 0. The van der Waals surface area contributed by atoms with Crippen LogP contribution in [0.1, 0.15) is 41.8 Å². The van der Waals surface area contributed by atoms with Crippen LogP contribution in [0.25, 0.3) is 11.4 Å². The highest BCUT2D eigenvalue weighted by molar-refractivity contribution is 5.78. The van der Waals surface area contributed by atoms with E-state index in [4.69, 9.17) is 4.52 Å². The maximum atomic E-state index is 12.7. The molecule has 1 atom stereocenters. The van der Waals surface area contributed by atoms with E-state index in [1.54, 1.807) is 0 Å². The zero-order valence-corrected chi connectivity index (χ0v) is 19.0. The quantitative estimate of drug-likeness (QED) is 0.537. The molecule has 0 radical (unpaired) electrons. The zero-order chi connectivity index (χ0) is 22.3. The van der Waals surface area contributed by atoms with Gasteiger partial charge in [0.2, 0.25) is 17.6 Å². The summed E-state index contributed by atoms with van der Waals surface area (Å²) in [5.74, 6) is 1.40. The summed E-state index contributed by atoms with van der Waals surface area (Å²) in [5.41, 5.74) is 4.72. The average Bonchev–Trinajstić information content (AvgIpc) is 3.25. The largest absolute Gasteiger partial charge is 0.356 e. The molecule has 3 aromatic rings. The smallest absolute Gasteiger partial charge is 0.241 e. The van der Waals surface area contributed by atoms with Crippen LogP contribution in [0.5, 0.6) is 0 Å². The second-order valence-corrected chi connectivity index (χ2v) is 8.78. The number of nitrogens with one attached hydrogen (secondary N) is 1. The molecule has 1 fully saturated rings. The second kappa shape index (κ2) is 10.6. The van der Waals surface area contributed by atoms with Crippen molar-refractivity contribution in [1.82, 2.24) is 20.4 Å². The molecule has 168 valence electrons. The van der Waals surface area contributed by atoms with E-state index in [1.165, 1.54) is 11.1 Å². The molecule has 6 nitrogen and oxygen atoms in total. The number of hydrogen-bond acceptors (Lipinski definition) is 5. The molecule has 32 heavy (non-hydrogen) atoms. The normalized spacial score (nSPS) is 16.8. The minimum Gasteiger partial charge on any atom is -0.356 e. The van der Waals surface area contributed by atoms with E-state index < -0.39 is 0 Å². The van der Waals surface area contributed by atoms with Crippen molar-refractivity contribution in [3.8, 4) is 11.4 Å². The first-order valence-electron chi connectivity index (χ1n) is 11.5. The van der Waals surface area contributed by atoms with Crippen molar-refractivity contribution in [3.63, 3.8) is 0 Å². The number of amides is 1. The van der Waals surface area contributed by atoms with Crippen molar-refractivity contribution in [2.45, 2.75) is 46.1 Å². The van der Waals surface area contributed by atoms with Crippen LogP contribution in [0.3, 0.4) is 0 Å². The second-order valence-electron chi connectivity index (χ2n) is 8.78. The Bertz CT molecular complexity index is 1050. The molecule has 2 heterocycles. The number of carbonyl (C=O) groups is 1. The Morgan fingerprint density at radius 1 is 1.19 bits per heavy atom.